The molecule has 1 aliphatic heterocycles. The van der Waals surface area contributed by atoms with Crippen molar-refractivity contribution in [2.45, 2.75) is 6.42 Å². The number of benzene rings is 2. The number of pyridine rings is 1. The van der Waals surface area contributed by atoms with E-state index in [-0.39, 0.29) is 12.8 Å². The molecule has 0 radical (unpaired) electrons. The van der Waals surface area contributed by atoms with Crippen molar-refractivity contribution in [3.63, 3.8) is 0 Å². The van der Waals surface area contributed by atoms with Crippen LogP contribution in [0.5, 0.6) is 11.5 Å². The maximum atomic E-state index is 12.1. The first-order chi connectivity index (χ1) is 12.3. The van der Waals surface area contributed by atoms with Crippen LogP contribution in [0.15, 0.2) is 54.7 Å². The van der Waals surface area contributed by atoms with Crippen molar-refractivity contribution in [2.75, 3.05) is 18.7 Å². The van der Waals surface area contributed by atoms with E-state index in [2.05, 4.69) is 15.6 Å². The molecular weight excluding hydrogens is 318 g/mol. The first-order valence-electron chi connectivity index (χ1n) is 8.07. The number of fused-ring (bicyclic) bond motifs is 2. The lowest BCUT2D eigenvalue weighted by atomic mass is 10.1. The van der Waals surface area contributed by atoms with Crippen LogP contribution >= 0.6 is 0 Å². The van der Waals surface area contributed by atoms with E-state index in [1.165, 1.54) is 0 Å². The molecule has 0 atom stereocenters. The number of nitrogens with zero attached hydrogens (tertiary/aromatic N) is 1. The van der Waals surface area contributed by atoms with Crippen LogP contribution in [0.4, 0.5) is 10.5 Å². The van der Waals surface area contributed by atoms with E-state index < -0.39 is 0 Å². The van der Waals surface area contributed by atoms with Gasteiger partial charge in [-0.05, 0) is 30.2 Å². The van der Waals surface area contributed by atoms with E-state index in [0.29, 0.717) is 30.2 Å². The number of hydrogen-bond donors (Lipinski definition) is 2. The number of aromatic nitrogens is 1. The molecule has 1 aromatic heterocycles. The van der Waals surface area contributed by atoms with Gasteiger partial charge in [0.25, 0.3) is 0 Å². The Morgan fingerprint density at radius 2 is 1.96 bits per heavy atom. The minimum Gasteiger partial charge on any atom is -0.454 e. The molecule has 0 unspecified atom stereocenters. The number of amides is 2. The molecular formula is C19H17N3O3. The Morgan fingerprint density at radius 3 is 2.92 bits per heavy atom. The molecule has 2 heterocycles. The Bertz CT molecular complexity index is 921. The molecule has 0 aliphatic carbocycles. The molecule has 1 aliphatic rings. The molecule has 0 saturated heterocycles. The summed E-state index contributed by atoms with van der Waals surface area (Å²) in [6.45, 7) is 0.732. The molecule has 6 nitrogen and oxygen atoms in total. The molecule has 0 bridgehead atoms. The van der Waals surface area contributed by atoms with Gasteiger partial charge < -0.3 is 20.1 Å². The predicted molar refractivity (Wildman–Crippen MR) is 95.0 cm³/mol. The third-order valence-electron chi connectivity index (χ3n) is 4.03. The molecule has 25 heavy (non-hydrogen) atoms. The Hall–Kier alpha value is -3.28. The van der Waals surface area contributed by atoms with Crippen LogP contribution in [0, 0.1) is 0 Å². The molecule has 2 amide bonds. The summed E-state index contributed by atoms with van der Waals surface area (Å²) in [5.41, 5.74) is 2.75. The summed E-state index contributed by atoms with van der Waals surface area (Å²) in [4.78, 5) is 16.5. The maximum absolute atomic E-state index is 12.1. The Morgan fingerprint density at radius 1 is 1.08 bits per heavy atom. The highest BCUT2D eigenvalue weighted by Gasteiger charge is 2.14. The zero-order valence-electron chi connectivity index (χ0n) is 13.5. The second kappa shape index (κ2) is 6.68. The van der Waals surface area contributed by atoms with Crippen molar-refractivity contribution >= 4 is 22.6 Å². The number of anilines is 1. The largest absolute Gasteiger partial charge is 0.454 e. The van der Waals surface area contributed by atoms with E-state index in [1.54, 1.807) is 24.4 Å². The van der Waals surface area contributed by atoms with Crippen LogP contribution in [0.3, 0.4) is 0 Å². The second-order valence-corrected chi connectivity index (χ2v) is 5.69. The first-order valence-corrected chi connectivity index (χ1v) is 8.07. The Kier molecular flexibility index (Phi) is 4.08. The van der Waals surface area contributed by atoms with Crippen LogP contribution in [0.25, 0.3) is 10.9 Å². The Labute approximate surface area is 144 Å². The van der Waals surface area contributed by atoms with Crippen molar-refractivity contribution in [1.82, 2.24) is 10.3 Å². The molecule has 4 rings (SSSR count). The number of rotatable bonds is 4. The SMILES string of the molecule is O=C(NCCc1cccc2cccnc12)Nc1ccc2c(c1)OCO2. The van der Waals surface area contributed by atoms with Crippen LogP contribution in [-0.4, -0.2) is 24.4 Å². The normalized spacial score (nSPS) is 12.2. The lowest BCUT2D eigenvalue weighted by Gasteiger charge is -2.09. The van der Waals surface area contributed by atoms with Crippen molar-refractivity contribution in [3.8, 4) is 11.5 Å². The minimum atomic E-state index is -0.257. The van der Waals surface area contributed by atoms with E-state index in [0.717, 1.165) is 16.5 Å². The number of carbonyl (C=O) groups is 1. The molecule has 0 spiro atoms. The van der Waals surface area contributed by atoms with Gasteiger partial charge in [-0.2, -0.15) is 0 Å². The number of carbonyl (C=O) groups excluding carboxylic acids is 1. The zero-order valence-corrected chi connectivity index (χ0v) is 13.5. The van der Waals surface area contributed by atoms with Crippen molar-refractivity contribution in [3.05, 3.63) is 60.3 Å². The number of para-hydroxylation sites is 1. The highest BCUT2D eigenvalue weighted by atomic mass is 16.7. The van der Waals surface area contributed by atoms with Gasteiger partial charge in [0.2, 0.25) is 6.79 Å². The summed E-state index contributed by atoms with van der Waals surface area (Å²) in [5, 5.41) is 6.76. The molecule has 0 fully saturated rings. The van der Waals surface area contributed by atoms with Gasteiger partial charge in [0.1, 0.15) is 0 Å². The van der Waals surface area contributed by atoms with Gasteiger partial charge in [0.05, 0.1) is 5.52 Å². The first kappa shape index (κ1) is 15.3. The van der Waals surface area contributed by atoms with Crippen LogP contribution in [0.2, 0.25) is 0 Å². The monoisotopic (exact) mass is 335 g/mol. The quantitative estimate of drug-likeness (QED) is 0.767. The average molecular weight is 335 g/mol. The number of nitrogens with one attached hydrogen (secondary N) is 2. The molecule has 6 heteroatoms. The lowest BCUT2D eigenvalue weighted by Crippen LogP contribution is -2.30. The number of urea groups is 1. The fourth-order valence-electron chi connectivity index (χ4n) is 2.83. The van der Waals surface area contributed by atoms with Crippen LogP contribution in [-0.2, 0) is 6.42 Å². The zero-order chi connectivity index (χ0) is 17.1. The summed E-state index contributed by atoms with van der Waals surface area (Å²) in [5.74, 6) is 1.33. The minimum absolute atomic E-state index is 0.212. The summed E-state index contributed by atoms with van der Waals surface area (Å²) in [6.07, 6.45) is 2.49. The van der Waals surface area contributed by atoms with E-state index >= 15 is 0 Å². The highest BCUT2D eigenvalue weighted by Crippen LogP contribution is 2.34. The van der Waals surface area contributed by atoms with Crippen LogP contribution in [0.1, 0.15) is 5.56 Å². The van der Waals surface area contributed by atoms with Gasteiger partial charge in [-0.25, -0.2) is 4.79 Å². The van der Waals surface area contributed by atoms with Gasteiger partial charge in [-0.1, -0.05) is 24.3 Å². The Balaban J connectivity index is 1.34. The van der Waals surface area contributed by atoms with Gasteiger partial charge in [-0.15, -0.1) is 0 Å². The average Bonchev–Trinajstić information content (AvgIpc) is 3.10. The topological polar surface area (TPSA) is 72.5 Å². The molecule has 0 saturated carbocycles. The summed E-state index contributed by atoms with van der Waals surface area (Å²) in [6, 6.07) is 15.1. The van der Waals surface area contributed by atoms with Crippen molar-refractivity contribution in [1.29, 1.82) is 0 Å². The smallest absolute Gasteiger partial charge is 0.319 e. The van der Waals surface area contributed by atoms with Crippen molar-refractivity contribution in [2.24, 2.45) is 0 Å². The number of hydrogen-bond acceptors (Lipinski definition) is 4. The third-order valence-corrected chi connectivity index (χ3v) is 4.03. The number of ether oxygens (including phenoxy) is 2. The van der Waals surface area contributed by atoms with Crippen LogP contribution < -0.4 is 20.1 Å². The molecule has 3 aromatic rings. The third kappa shape index (κ3) is 3.33. The predicted octanol–water partition coefficient (Wildman–Crippen LogP) is 3.33. The molecule has 126 valence electrons. The summed E-state index contributed by atoms with van der Waals surface area (Å²) in [7, 11) is 0. The standard InChI is InChI=1S/C19H17N3O3/c23-19(22-15-6-7-16-17(11-15)25-12-24-16)21-10-8-14-4-1-3-13-5-2-9-20-18(13)14/h1-7,9,11H,8,10,12H2,(H2,21,22,23). The van der Waals surface area contributed by atoms with Gasteiger partial charge >= 0.3 is 6.03 Å². The molecule has 2 aromatic carbocycles. The van der Waals surface area contributed by atoms with Crippen molar-refractivity contribution < 1.29 is 14.3 Å². The molecule has 2 N–H and O–H groups in total. The van der Waals surface area contributed by atoms with E-state index in [4.69, 9.17) is 9.47 Å². The van der Waals surface area contributed by atoms with Gasteiger partial charge in [0, 0.05) is 29.9 Å². The van der Waals surface area contributed by atoms with Gasteiger partial charge in [0.15, 0.2) is 11.5 Å². The highest BCUT2D eigenvalue weighted by molar-refractivity contribution is 5.89. The lowest BCUT2D eigenvalue weighted by molar-refractivity contribution is 0.174. The second-order valence-electron chi connectivity index (χ2n) is 5.69. The van der Waals surface area contributed by atoms with E-state index in [1.807, 2.05) is 30.3 Å². The fraction of sp³-hybridized carbons (Fsp3) is 0.158. The fourth-order valence-corrected chi connectivity index (χ4v) is 2.83. The maximum Gasteiger partial charge on any atom is 0.319 e. The summed E-state index contributed by atoms with van der Waals surface area (Å²) >= 11 is 0. The van der Waals surface area contributed by atoms with E-state index in [9.17, 15) is 4.79 Å². The summed E-state index contributed by atoms with van der Waals surface area (Å²) < 4.78 is 10.6. The van der Waals surface area contributed by atoms with Gasteiger partial charge in [-0.3, -0.25) is 4.98 Å².